The van der Waals surface area contributed by atoms with E-state index in [0.717, 1.165) is 12.2 Å². The van der Waals surface area contributed by atoms with Crippen LogP contribution in [0.4, 0.5) is 0 Å². The first-order valence-corrected chi connectivity index (χ1v) is 7.20. The first-order chi connectivity index (χ1) is 9.56. The summed E-state index contributed by atoms with van der Waals surface area (Å²) in [5.41, 5.74) is 6.38. The van der Waals surface area contributed by atoms with Crippen LogP contribution in [0, 0.1) is 6.92 Å². The second kappa shape index (κ2) is 6.41. The molecule has 1 aliphatic rings. The number of piperidine rings is 1. The van der Waals surface area contributed by atoms with E-state index in [4.69, 9.17) is 14.9 Å². The van der Waals surface area contributed by atoms with Crippen LogP contribution in [0.5, 0.6) is 0 Å². The Hall–Kier alpha value is -1.33. The molecule has 112 valence electrons. The number of esters is 1. The number of methoxy groups -OCH3 is 1. The molecule has 2 rings (SSSR count). The number of nitrogens with zero attached hydrogens (tertiary/aromatic N) is 1. The van der Waals surface area contributed by atoms with Crippen molar-refractivity contribution >= 4 is 5.97 Å². The van der Waals surface area contributed by atoms with Crippen molar-refractivity contribution < 1.29 is 13.9 Å². The fourth-order valence-electron chi connectivity index (χ4n) is 2.99. The molecule has 1 saturated heterocycles. The molecule has 0 saturated carbocycles. The van der Waals surface area contributed by atoms with Crippen molar-refractivity contribution in [1.29, 1.82) is 0 Å². The molecule has 2 unspecified atom stereocenters. The number of hydrogen-bond acceptors (Lipinski definition) is 5. The van der Waals surface area contributed by atoms with E-state index >= 15 is 0 Å². The fraction of sp³-hybridized carbons (Fsp3) is 0.667. The summed E-state index contributed by atoms with van der Waals surface area (Å²) in [5, 5.41) is 0. The van der Waals surface area contributed by atoms with Crippen LogP contribution in [0.2, 0.25) is 0 Å². The minimum absolute atomic E-state index is 0.348. The summed E-state index contributed by atoms with van der Waals surface area (Å²) in [5.74, 6) is 1.07. The lowest BCUT2D eigenvalue weighted by molar-refractivity contribution is 0.0599. The highest BCUT2D eigenvalue weighted by atomic mass is 16.5. The van der Waals surface area contributed by atoms with Crippen molar-refractivity contribution in [3.63, 3.8) is 0 Å². The maximum Gasteiger partial charge on any atom is 0.341 e. The van der Waals surface area contributed by atoms with Gasteiger partial charge < -0.3 is 14.9 Å². The summed E-state index contributed by atoms with van der Waals surface area (Å²) >= 11 is 0. The van der Waals surface area contributed by atoms with Gasteiger partial charge in [-0.2, -0.15) is 0 Å². The average molecular weight is 280 g/mol. The summed E-state index contributed by atoms with van der Waals surface area (Å²) in [6.45, 7) is 5.36. The highest BCUT2D eigenvalue weighted by molar-refractivity contribution is 5.90. The van der Waals surface area contributed by atoms with Crippen molar-refractivity contribution in [2.45, 2.75) is 51.7 Å². The summed E-state index contributed by atoms with van der Waals surface area (Å²) in [6.07, 6.45) is 3.54. The number of carbonyl (C=O) groups is 1. The summed E-state index contributed by atoms with van der Waals surface area (Å²) < 4.78 is 10.4. The molecule has 0 aliphatic carbocycles. The molecule has 1 aromatic heterocycles. The summed E-state index contributed by atoms with van der Waals surface area (Å²) in [6, 6.07) is 2.67. The van der Waals surface area contributed by atoms with Gasteiger partial charge in [0.15, 0.2) is 0 Å². The Bertz CT molecular complexity index is 470. The monoisotopic (exact) mass is 280 g/mol. The van der Waals surface area contributed by atoms with Gasteiger partial charge in [-0.25, -0.2) is 4.79 Å². The van der Waals surface area contributed by atoms with E-state index in [-0.39, 0.29) is 5.97 Å². The minimum atomic E-state index is -0.348. The van der Waals surface area contributed by atoms with Crippen LogP contribution in [-0.2, 0) is 11.3 Å². The van der Waals surface area contributed by atoms with Crippen LogP contribution in [-0.4, -0.2) is 36.6 Å². The van der Waals surface area contributed by atoms with Gasteiger partial charge in [-0.05, 0) is 32.8 Å². The molecule has 2 N–H and O–H groups in total. The molecule has 1 aromatic rings. The third-order valence-electron chi connectivity index (χ3n) is 4.18. The first-order valence-electron chi connectivity index (χ1n) is 7.20. The highest BCUT2D eigenvalue weighted by Crippen LogP contribution is 2.26. The minimum Gasteiger partial charge on any atom is -0.465 e. The number of ether oxygens (including phenoxy) is 1. The standard InChI is InChI=1S/C15H24N2O3/c1-10-5-4-6-12(8-16)17(10)9-13-7-14(11(2)20-13)15(18)19-3/h7,10,12H,4-6,8-9,16H2,1-3H3. The molecular weight excluding hydrogens is 256 g/mol. The van der Waals surface area contributed by atoms with E-state index in [1.807, 2.05) is 0 Å². The molecular formula is C15H24N2O3. The van der Waals surface area contributed by atoms with E-state index in [2.05, 4.69) is 11.8 Å². The van der Waals surface area contributed by atoms with Gasteiger partial charge in [0.05, 0.1) is 13.7 Å². The molecule has 0 bridgehead atoms. The second-order valence-electron chi connectivity index (χ2n) is 5.52. The van der Waals surface area contributed by atoms with Crippen LogP contribution < -0.4 is 5.73 Å². The van der Waals surface area contributed by atoms with Gasteiger partial charge in [-0.3, -0.25) is 4.90 Å². The Balaban J connectivity index is 2.14. The van der Waals surface area contributed by atoms with Crippen molar-refractivity contribution in [2.75, 3.05) is 13.7 Å². The Morgan fingerprint density at radius 1 is 1.55 bits per heavy atom. The summed E-state index contributed by atoms with van der Waals surface area (Å²) in [7, 11) is 1.38. The topological polar surface area (TPSA) is 68.7 Å². The van der Waals surface area contributed by atoms with E-state index < -0.39 is 0 Å². The molecule has 2 atom stereocenters. The lowest BCUT2D eigenvalue weighted by Gasteiger charge is -2.39. The van der Waals surface area contributed by atoms with Crippen molar-refractivity contribution in [3.05, 3.63) is 23.2 Å². The Morgan fingerprint density at radius 2 is 2.30 bits per heavy atom. The quantitative estimate of drug-likeness (QED) is 0.855. The van der Waals surface area contributed by atoms with Gasteiger partial charge >= 0.3 is 5.97 Å². The molecule has 1 aliphatic heterocycles. The van der Waals surface area contributed by atoms with Crippen molar-refractivity contribution in [3.8, 4) is 0 Å². The third kappa shape index (κ3) is 3.04. The molecule has 0 aromatic carbocycles. The predicted molar refractivity (Wildman–Crippen MR) is 76.5 cm³/mol. The molecule has 1 fully saturated rings. The van der Waals surface area contributed by atoms with Crippen LogP contribution in [0.1, 0.15) is 48.1 Å². The first kappa shape index (κ1) is 15.1. The SMILES string of the molecule is COC(=O)c1cc(CN2C(C)CCCC2CN)oc1C. The van der Waals surface area contributed by atoms with Gasteiger partial charge in [-0.1, -0.05) is 6.42 Å². The zero-order valence-electron chi connectivity index (χ0n) is 12.5. The number of nitrogens with two attached hydrogens (primary N) is 1. The number of rotatable bonds is 4. The molecule has 0 spiro atoms. The van der Waals surface area contributed by atoms with E-state index in [0.29, 0.717) is 36.5 Å². The Labute approximate surface area is 120 Å². The van der Waals surface area contributed by atoms with Crippen molar-refractivity contribution in [2.24, 2.45) is 5.73 Å². The highest BCUT2D eigenvalue weighted by Gasteiger charge is 2.28. The van der Waals surface area contributed by atoms with E-state index in [9.17, 15) is 4.79 Å². The number of carbonyl (C=O) groups excluding carboxylic acids is 1. The number of aryl methyl sites for hydroxylation is 1. The zero-order valence-corrected chi connectivity index (χ0v) is 12.5. The van der Waals surface area contributed by atoms with Crippen LogP contribution >= 0.6 is 0 Å². The van der Waals surface area contributed by atoms with Crippen LogP contribution in [0.3, 0.4) is 0 Å². The normalized spacial score (nSPS) is 23.8. The number of furan rings is 1. The Morgan fingerprint density at radius 3 is 2.95 bits per heavy atom. The lowest BCUT2D eigenvalue weighted by Crippen LogP contribution is -2.48. The third-order valence-corrected chi connectivity index (χ3v) is 4.18. The maximum absolute atomic E-state index is 11.6. The average Bonchev–Trinajstić information content (AvgIpc) is 2.81. The van der Waals surface area contributed by atoms with Crippen LogP contribution in [0.15, 0.2) is 10.5 Å². The van der Waals surface area contributed by atoms with E-state index in [1.165, 1.54) is 20.0 Å². The van der Waals surface area contributed by atoms with Gasteiger partial charge in [0, 0.05) is 18.6 Å². The zero-order chi connectivity index (χ0) is 14.7. The fourth-order valence-corrected chi connectivity index (χ4v) is 2.99. The van der Waals surface area contributed by atoms with Gasteiger partial charge in [0.25, 0.3) is 0 Å². The summed E-state index contributed by atoms with van der Waals surface area (Å²) in [4.78, 5) is 14.0. The second-order valence-corrected chi connectivity index (χ2v) is 5.52. The van der Waals surface area contributed by atoms with Gasteiger partial charge in [0.1, 0.15) is 17.1 Å². The number of likely N-dealkylation sites (tertiary alicyclic amines) is 1. The number of hydrogen-bond donors (Lipinski definition) is 1. The smallest absolute Gasteiger partial charge is 0.341 e. The maximum atomic E-state index is 11.6. The molecule has 5 nitrogen and oxygen atoms in total. The van der Waals surface area contributed by atoms with Crippen LogP contribution in [0.25, 0.3) is 0 Å². The predicted octanol–water partition coefficient (Wildman–Crippen LogP) is 2.08. The largest absolute Gasteiger partial charge is 0.465 e. The molecule has 2 heterocycles. The van der Waals surface area contributed by atoms with Gasteiger partial charge in [-0.15, -0.1) is 0 Å². The molecule has 20 heavy (non-hydrogen) atoms. The Kier molecular flexibility index (Phi) is 4.83. The molecule has 0 amide bonds. The molecule has 0 radical (unpaired) electrons. The van der Waals surface area contributed by atoms with E-state index in [1.54, 1.807) is 13.0 Å². The van der Waals surface area contributed by atoms with Gasteiger partial charge in [0.2, 0.25) is 0 Å². The lowest BCUT2D eigenvalue weighted by atomic mass is 9.96. The van der Waals surface area contributed by atoms with Crippen molar-refractivity contribution in [1.82, 2.24) is 4.90 Å². The molecule has 5 heteroatoms.